The van der Waals surface area contributed by atoms with Crippen molar-refractivity contribution in [1.82, 2.24) is 5.32 Å². The summed E-state index contributed by atoms with van der Waals surface area (Å²) < 4.78 is 10.7. The van der Waals surface area contributed by atoms with Crippen LogP contribution in [-0.4, -0.2) is 18.7 Å². The van der Waals surface area contributed by atoms with E-state index in [0.29, 0.717) is 19.0 Å². The maximum Gasteiger partial charge on any atom is 0.231 e. The average Bonchev–Trinajstić information content (AvgIpc) is 3.05. The molecule has 2 aromatic carbocycles. The van der Waals surface area contributed by atoms with Gasteiger partial charge < -0.3 is 26.3 Å². The zero-order valence-corrected chi connectivity index (χ0v) is 13.1. The van der Waals surface area contributed by atoms with E-state index < -0.39 is 0 Å². The summed E-state index contributed by atoms with van der Waals surface area (Å²) in [7, 11) is 0. The van der Waals surface area contributed by atoms with Gasteiger partial charge in [-0.1, -0.05) is 36.4 Å². The minimum absolute atomic E-state index is 0.0417. The summed E-state index contributed by atoms with van der Waals surface area (Å²) in [5.41, 5.74) is 13.0. The molecule has 1 aliphatic rings. The van der Waals surface area contributed by atoms with Crippen molar-refractivity contribution < 1.29 is 9.47 Å². The maximum atomic E-state index is 5.48. The highest BCUT2D eigenvalue weighted by Gasteiger charge is 2.12. The molecule has 7 nitrogen and oxygen atoms in total. The van der Waals surface area contributed by atoms with Crippen molar-refractivity contribution in [3.63, 3.8) is 0 Å². The normalized spacial score (nSPS) is 12.8. The smallest absolute Gasteiger partial charge is 0.231 e. The van der Waals surface area contributed by atoms with Gasteiger partial charge in [0.25, 0.3) is 0 Å². The lowest BCUT2D eigenvalue weighted by Crippen LogP contribution is -2.29. The molecule has 0 radical (unpaired) electrons. The Morgan fingerprint density at radius 1 is 1.00 bits per heavy atom. The van der Waals surface area contributed by atoms with Gasteiger partial charge in [0, 0.05) is 6.54 Å². The number of ether oxygens (including phenoxy) is 2. The third-order valence-corrected chi connectivity index (χ3v) is 3.38. The number of hydrogen-bond donors (Lipinski definition) is 3. The zero-order valence-electron chi connectivity index (χ0n) is 13.1. The summed E-state index contributed by atoms with van der Waals surface area (Å²) in [4.78, 5) is 8.47. The Labute approximate surface area is 140 Å². The lowest BCUT2D eigenvalue weighted by Gasteiger charge is -2.07. The molecule has 0 saturated heterocycles. The summed E-state index contributed by atoms with van der Waals surface area (Å²) in [6, 6.07) is 15.6. The van der Waals surface area contributed by atoms with Gasteiger partial charge in [-0.15, -0.1) is 0 Å². The van der Waals surface area contributed by atoms with E-state index in [9.17, 15) is 0 Å². The zero-order chi connectivity index (χ0) is 16.8. The topological polar surface area (TPSA) is 107 Å². The third kappa shape index (κ3) is 4.16. The van der Waals surface area contributed by atoms with Crippen molar-refractivity contribution in [2.45, 2.75) is 13.1 Å². The monoisotopic (exact) mass is 325 g/mol. The first-order valence-electron chi connectivity index (χ1n) is 7.51. The molecule has 0 amide bonds. The fourth-order valence-electron chi connectivity index (χ4n) is 2.24. The highest BCUT2D eigenvalue weighted by Crippen LogP contribution is 2.32. The summed E-state index contributed by atoms with van der Waals surface area (Å²) in [5.74, 6) is 1.81. The molecule has 0 unspecified atom stereocenters. The number of hydrogen-bond acceptors (Lipinski definition) is 3. The van der Waals surface area contributed by atoms with Gasteiger partial charge >= 0.3 is 0 Å². The Hall–Kier alpha value is -3.22. The van der Waals surface area contributed by atoms with Crippen molar-refractivity contribution in [2.24, 2.45) is 21.5 Å². The molecule has 0 fully saturated rings. The number of benzene rings is 2. The van der Waals surface area contributed by atoms with E-state index >= 15 is 0 Å². The first-order valence-corrected chi connectivity index (χ1v) is 7.51. The molecule has 2 aromatic rings. The first-order chi connectivity index (χ1) is 11.7. The molecule has 0 saturated carbocycles. The molecule has 7 heteroatoms. The molecule has 0 aromatic heterocycles. The maximum absolute atomic E-state index is 5.48. The predicted octanol–water partition coefficient (Wildman–Crippen LogP) is 1.33. The second-order valence-corrected chi connectivity index (χ2v) is 5.20. The van der Waals surface area contributed by atoms with Gasteiger partial charge in [0.2, 0.25) is 12.8 Å². The SMILES string of the molecule is NC(N)=NC(=NCc1ccc2c(c1)OCO2)NCc1ccccc1. The van der Waals surface area contributed by atoms with Gasteiger partial charge in [-0.2, -0.15) is 4.99 Å². The fourth-order valence-corrected chi connectivity index (χ4v) is 2.24. The van der Waals surface area contributed by atoms with Gasteiger partial charge in [-0.25, -0.2) is 4.99 Å². The molecule has 5 N–H and O–H groups in total. The number of rotatable bonds is 4. The molecule has 1 aliphatic heterocycles. The van der Waals surface area contributed by atoms with Crippen LogP contribution >= 0.6 is 0 Å². The molecule has 124 valence electrons. The quantitative estimate of drug-likeness (QED) is 0.581. The molecule has 0 atom stereocenters. The van der Waals surface area contributed by atoms with Crippen LogP contribution in [0.1, 0.15) is 11.1 Å². The molecule has 1 heterocycles. The van der Waals surface area contributed by atoms with E-state index in [1.54, 1.807) is 0 Å². The Morgan fingerprint density at radius 2 is 1.79 bits per heavy atom. The lowest BCUT2D eigenvalue weighted by molar-refractivity contribution is 0.174. The van der Waals surface area contributed by atoms with Gasteiger partial charge in [0.05, 0.1) is 6.54 Å². The van der Waals surface area contributed by atoms with E-state index in [1.165, 1.54) is 0 Å². The predicted molar refractivity (Wildman–Crippen MR) is 92.8 cm³/mol. The molecule has 0 aliphatic carbocycles. The van der Waals surface area contributed by atoms with E-state index in [1.807, 2.05) is 48.5 Å². The summed E-state index contributed by atoms with van der Waals surface area (Å²) >= 11 is 0. The van der Waals surface area contributed by atoms with Crippen molar-refractivity contribution in [3.05, 3.63) is 59.7 Å². The number of nitrogens with zero attached hydrogens (tertiary/aromatic N) is 2. The second kappa shape index (κ2) is 7.36. The van der Waals surface area contributed by atoms with Crippen molar-refractivity contribution in [3.8, 4) is 11.5 Å². The van der Waals surface area contributed by atoms with Gasteiger partial charge in [-0.05, 0) is 23.3 Å². The van der Waals surface area contributed by atoms with Crippen LogP contribution in [0.3, 0.4) is 0 Å². The second-order valence-electron chi connectivity index (χ2n) is 5.20. The van der Waals surface area contributed by atoms with E-state index in [0.717, 1.165) is 22.6 Å². The third-order valence-electron chi connectivity index (χ3n) is 3.38. The lowest BCUT2D eigenvalue weighted by atomic mass is 10.2. The fraction of sp³-hybridized carbons (Fsp3) is 0.176. The van der Waals surface area contributed by atoms with Crippen molar-refractivity contribution in [2.75, 3.05) is 6.79 Å². The highest BCUT2D eigenvalue weighted by molar-refractivity contribution is 5.93. The van der Waals surface area contributed by atoms with Crippen LogP contribution in [0.2, 0.25) is 0 Å². The molecular weight excluding hydrogens is 306 g/mol. The first kappa shape index (κ1) is 15.7. The molecular formula is C17H19N5O2. The van der Waals surface area contributed by atoms with Crippen LogP contribution in [-0.2, 0) is 13.1 Å². The summed E-state index contributed by atoms with van der Waals surface area (Å²) in [6.45, 7) is 1.25. The van der Waals surface area contributed by atoms with Crippen LogP contribution in [0, 0.1) is 0 Å². The number of fused-ring (bicyclic) bond motifs is 1. The van der Waals surface area contributed by atoms with Crippen LogP contribution in [0.5, 0.6) is 11.5 Å². The van der Waals surface area contributed by atoms with Gasteiger partial charge in [-0.3, -0.25) is 0 Å². The molecule has 3 rings (SSSR count). The van der Waals surface area contributed by atoms with Crippen LogP contribution in [0.15, 0.2) is 58.5 Å². The standard InChI is InChI=1S/C17H19N5O2/c18-16(19)22-17(20-9-12-4-2-1-3-5-12)21-10-13-6-7-14-15(8-13)24-11-23-14/h1-8H,9-11H2,(H5,18,19,20,21,22). The highest BCUT2D eigenvalue weighted by atomic mass is 16.7. The van der Waals surface area contributed by atoms with Crippen molar-refractivity contribution in [1.29, 1.82) is 0 Å². The van der Waals surface area contributed by atoms with E-state index in [-0.39, 0.29) is 12.8 Å². The number of nitrogens with one attached hydrogen (secondary N) is 1. The van der Waals surface area contributed by atoms with Crippen molar-refractivity contribution >= 4 is 11.9 Å². The van der Waals surface area contributed by atoms with E-state index in [2.05, 4.69) is 15.3 Å². The summed E-state index contributed by atoms with van der Waals surface area (Å²) in [5, 5.41) is 3.14. The number of aliphatic imine (C=N–C) groups is 2. The summed E-state index contributed by atoms with van der Waals surface area (Å²) in [6.07, 6.45) is 0. The molecule has 0 bridgehead atoms. The Morgan fingerprint density at radius 3 is 2.58 bits per heavy atom. The Bertz CT molecular complexity index is 755. The van der Waals surface area contributed by atoms with Gasteiger partial charge in [0.15, 0.2) is 17.5 Å². The van der Waals surface area contributed by atoms with Crippen LogP contribution in [0.25, 0.3) is 0 Å². The van der Waals surface area contributed by atoms with E-state index in [4.69, 9.17) is 20.9 Å². The Balaban J connectivity index is 1.68. The van der Waals surface area contributed by atoms with Crippen LogP contribution < -0.4 is 26.3 Å². The Kier molecular flexibility index (Phi) is 4.81. The largest absolute Gasteiger partial charge is 0.454 e. The molecule has 0 spiro atoms. The average molecular weight is 325 g/mol. The number of nitrogens with two attached hydrogens (primary N) is 2. The van der Waals surface area contributed by atoms with Crippen LogP contribution in [0.4, 0.5) is 0 Å². The minimum atomic E-state index is -0.0417. The number of guanidine groups is 2. The van der Waals surface area contributed by atoms with Gasteiger partial charge in [0.1, 0.15) is 0 Å². The minimum Gasteiger partial charge on any atom is -0.454 e. The molecule has 24 heavy (non-hydrogen) atoms.